The molecule has 0 spiro atoms. The molecule has 10 heteroatoms. The number of amides is 3. The molecule has 2 aliphatic rings. The van der Waals surface area contributed by atoms with Gasteiger partial charge in [-0.1, -0.05) is 0 Å². The van der Waals surface area contributed by atoms with Gasteiger partial charge in [-0.05, 0) is 43.7 Å². The van der Waals surface area contributed by atoms with E-state index in [0.29, 0.717) is 11.7 Å². The summed E-state index contributed by atoms with van der Waals surface area (Å²) in [7, 11) is 1.55. The molecule has 144 valence electrons. The van der Waals surface area contributed by atoms with Gasteiger partial charge in [0.2, 0.25) is 5.96 Å². The number of β-amino-alcohol motifs (C(OH)–C–C–N with tert-alkyl or cyclic N) is 1. The van der Waals surface area contributed by atoms with Crippen molar-refractivity contribution < 1.29 is 19.8 Å². The number of aromatic hydroxyl groups is 1. The number of aliphatic imine (C=N–C) groups is 1. The first-order chi connectivity index (χ1) is 12.8. The molecule has 0 saturated carbocycles. The molecule has 1 fully saturated rings. The highest BCUT2D eigenvalue weighted by Gasteiger charge is 2.48. The second kappa shape index (κ2) is 7.23. The van der Waals surface area contributed by atoms with Crippen LogP contribution in [0.5, 0.6) is 5.75 Å². The van der Waals surface area contributed by atoms with E-state index >= 15 is 0 Å². The zero-order valence-electron chi connectivity index (χ0n) is 15.2. The quantitative estimate of drug-likeness (QED) is 0.420. The van der Waals surface area contributed by atoms with Gasteiger partial charge < -0.3 is 20.0 Å². The molecule has 3 rings (SSSR count). The molecule has 2 aliphatic heterocycles. The van der Waals surface area contributed by atoms with Crippen molar-refractivity contribution in [2.45, 2.75) is 32.2 Å². The topological polar surface area (TPSA) is 130 Å². The number of hydrazone groups is 1. The van der Waals surface area contributed by atoms with E-state index in [1.165, 1.54) is 4.90 Å². The first-order valence-electron chi connectivity index (χ1n) is 8.48. The van der Waals surface area contributed by atoms with Crippen LogP contribution in [0, 0.1) is 0 Å². The average molecular weight is 374 g/mol. The Morgan fingerprint density at radius 3 is 2.67 bits per heavy atom. The summed E-state index contributed by atoms with van der Waals surface area (Å²) < 4.78 is 0. The molecule has 3 amide bonds. The third-order valence-corrected chi connectivity index (χ3v) is 4.43. The fourth-order valence-corrected chi connectivity index (χ4v) is 3.00. The van der Waals surface area contributed by atoms with E-state index < -0.39 is 30.2 Å². The first-order valence-corrected chi connectivity index (χ1v) is 8.48. The van der Waals surface area contributed by atoms with E-state index in [-0.39, 0.29) is 12.3 Å². The number of urea groups is 1. The Kier molecular flexibility index (Phi) is 5.00. The Hall–Kier alpha value is -3.14. The Balaban J connectivity index is 1.85. The molecular weight excluding hydrogens is 352 g/mol. The van der Waals surface area contributed by atoms with Crippen LogP contribution in [-0.4, -0.2) is 75.5 Å². The zero-order valence-corrected chi connectivity index (χ0v) is 15.2. The van der Waals surface area contributed by atoms with E-state index in [1.807, 2.05) is 0 Å². The van der Waals surface area contributed by atoms with Gasteiger partial charge >= 0.3 is 6.03 Å². The molecule has 1 aromatic carbocycles. The van der Waals surface area contributed by atoms with Gasteiger partial charge in [0.25, 0.3) is 5.91 Å². The van der Waals surface area contributed by atoms with Crippen molar-refractivity contribution in [3.63, 3.8) is 0 Å². The molecule has 2 heterocycles. The lowest BCUT2D eigenvalue weighted by Crippen LogP contribution is -2.64. The lowest BCUT2D eigenvalue weighted by molar-refractivity contribution is -0.127. The summed E-state index contributed by atoms with van der Waals surface area (Å²) in [4.78, 5) is 31.5. The fraction of sp³-hybridized carbons (Fsp3) is 0.412. The van der Waals surface area contributed by atoms with Crippen molar-refractivity contribution in [3.05, 3.63) is 29.8 Å². The van der Waals surface area contributed by atoms with Gasteiger partial charge in [-0.15, -0.1) is 0 Å². The van der Waals surface area contributed by atoms with Crippen LogP contribution < -0.4 is 10.7 Å². The summed E-state index contributed by atoms with van der Waals surface area (Å²) >= 11 is 0. The highest BCUT2D eigenvalue weighted by molar-refractivity contribution is 6.04. The smallest absolute Gasteiger partial charge is 0.325 e. The van der Waals surface area contributed by atoms with Crippen molar-refractivity contribution >= 4 is 23.6 Å². The molecular formula is C17H22N6O4. The van der Waals surface area contributed by atoms with Crippen LogP contribution in [0.1, 0.15) is 19.4 Å². The van der Waals surface area contributed by atoms with E-state index in [1.54, 1.807) is 50.1 Å². The molecule has 0 radical (unpaired) electrons. The van der Waals surface area contributed by atoms with Crippen LogP contribution in [0.2, 0.25) is 0 Å². The van der Waals surface area contributed by atoms with Gasteiger partial charge in [0.1, 0.15) is 5.75 Å². The zero-order chi connectivity index (χ0) is 19.7. The van der Waals surface area contributed by atoms with Gasteiger partial charge in [0.05, 0.1) is 11.8 Å². The minimum atomic E-state index is -0.742. The summed E-state index contributed by atoms with van der Waals surface area (Å²) in [5.41, 5.74) is 4.27. The maximum Gasteiger partial charge on any atom is 0.325 e. The van der Waals surface area contributed by atoms with Gasteiger partial charge in [-0.25, -0.2) is 15.2 Å². The molecule has 3 atom stereocenters. The molecule has 10 nitrogen and oxygen atoms in total. The summed E-state index contributed by atoms with van der Waals surface area (Å²) in [5.74, 6) is -0.0187. The Morgan fingerprint density at radius 2 is 2.04 bits per heavy atom. The van der Waals surface area contributed by atoms with Crippen molar-refractivity contribution in [1.82, 2.24) is 20.5 Å². The summed E-state index contributed by atoms with van der Waals surface area (Å²) in [5, 5.41) is 25.8. The van der Waals surface area contributed by atoms with Crippen LogP contribution >= 0.6 is 0 Å². The Morgan fingerprint density at radius 1 is 1.37 bits per heavy atom. The number of phenolic OH excluding ortho intramolecular Hbond substituents is 1. The fourth-order valence-electron chi connectivity index (χ4n) is 3.00. The maximum absolute atomic E-state index is 12.3. The molecule has 1 saturated heterocycles. The molecule has 0 aromatic heterocycles. The standard InChI is InChI=1S/C17H22N6O4/c1-9(24)8-23-13-14(22(3)17(27)19-15(13)26)18-16(23)21-20-10(2)11-4-6-12(25)7-5-11/h4-7,9,13-14,24-25H,8H2,1-3H3,(H,18,21)(H,19,26,27)/b20-10+. The molecule has 3 unspecified atom stereocenters. The highest BCUT2D eigenvalue weighted by Crippen LogP contribution is 2.23. The number of hydrogen-bond acceptors (Lipinski definition) is 8. The van der Waals surface area contributed by atoms with Crippen LogP contribution in [0.4, 0.5) is 4.79 Å². The van der Waals surface area contributed by atoms with E-state index in [2.05, 4.69) is 20.8 Å². The monoisotopic (exact) mass is 374 g/mol. The summed E-state index contributed by atoms with van der Waals surface area (Å²) in [6.45, 7) is 3.53. The van der Waals surface area contributed by atoms with Gasteiger partial charge in [0, 0.05) is 13.6 Å². The third-order valence-electron chi connectivity index (χ3n) is 4.43. The summed E-state index contributed by atoms with van der Waals surface area (Å²) in [6.07, 6.45) is -1.41. The molecule has 0 bridgehead atoms. The number of aliphatic hydroxyl groups excluding tert-OH is 1. The number of aliphatic hydroxyl groups is 1. The van der Waals surface area contributed by atoms with Gasteiger partial charge in [-0.2, -0.15) is 5.10 Å². The number of rotatable bonds is 4. The number of benzene rings is 1. The van der Waals surface area contributed by atoms with Crippen LogP contribution in [0.15, 0.2) is 34.4 Å². The van der Waals surface area contributed by atoms with Crippen molar-refractivity contribution in [2.75, 3.05) is 13.6 Å². The predicted molar refractivity (Wildman–Crippen MR) is 98.2 cm³/mol. The van der Waals surface area contributed by atoms with Crippen LogP contribution in [0.25, 0.3) is 0 Å². The largest absolute Gasteiger partial charge is 0.508 e. The SMILES string of the molecule is C/C(=N\NC1=NC2C(C(=O)NC(=O)N2C)N1CC(C)O)c1ccc(O)cc1. The average Bonchev–Trinajstić information content (AvgIpc) is 2.96. The number of fused-ring (bicyclic) bond motifs is 1. The Bertz CT molecular complexity index is 804. The number of hydrogen-bond donors (Lipinski definition) is 4. The lowest BCUT2D eigenvalue weighted by Gasteiger charge is -2.36. The minimum Gasteiger partial charge on any atom is -0.508 e. The van der Waals surface area contributed by atoms with Crippen molar-refractivity contribution in [3.8, 4) is 5.75 Å². The van der Waals surface area contributed by atoms with Gasteiger partial charge in [0.15, 0.2) is 12.2 Å². The number of imide groups is 1. The number of carbonyl (C=O) groups excluding carboxylic acids is 2. The molecule has 27 heavy (non-hydrogen) atoms. The second-order valence-electron chi connectivity index (χ2n) is 6.57. The summed E-state index contributed by atoms with van der Waals surface area (Å²) in [6, 6.07) is 5.29. The normalized spacial score (nSPS) is 23.7. The number of guanidine groups is 1. The van der Waals surface area contributed by atoms with E-state index in [0.717, 1.165) is 5.56 Å². The third kappa shape index (κ3) is 3.70. The number of phenols is 1. The number of nitrogens with one attached hydrogen (secondary N) is 2. The van der Waals surface area contributed by atoms with E-state index in [9.17, 15) is 19.8 Å². The second-order valence-corrected chi connectivity index (χ2v) is 6.57. The minimum absolute atomic E-state index is 0.149. The van der Waals surface area contributed by atoms with Crippen molar-refractivity contribution in [1.29, 1.82) is 0 Å². The van der Waals surface area contributed by atoms with Gasteiger partial charge in [-0.3, -0.25) is 10.1 Å². The van der Waals surface area contributed by atoms with E-state index in [4.69, 9.17) is 0 Å². The number of carbonyl (C=O) groups is 2. The lowest BCUT2D eigenvalue weighted by atomic mass is 10.1. The molecule has 4 N–H and O–H groups in total. The predicted octanol–water partition coefficient (Wildman–Crippen LogP) is -0.365. The molecule has 0 aliphatic carbocycles. The van der Waals surface area contributed by atoms with Crippen LogP contribution in [-0.2, 0) is 4.79 Å². The van der Waals surface area contributed by atoms with Crippen LogP contribution in [0.3, 0.4) is 0 Å². The number of likely N-dealkylation sites (N-methyl/N-ethyl adjacent to an activating group) is 1. The Labute approximate surface area is 156 Å². The molecule has 1 aromatic rings. The highest BCUT2D eigenvalue weighted by atomic mass is 16.3. The van der Waals surface area contributed by atoms with Crippen molar-refractivity contribution in [2.24, 2.45) is 10.1 Å². The maximum atomic E-state index is 12.3. The first kappa shape index (κ1) is 18.6. The number of nitrogens with zero attached hydrogens (tertiary/aromatic N) is 4.